The van der Waals surface area contributed by atoms with Crippen molar-refractivity contribution in [3.63, 3.8) is 0 Å². The molecule has 1 aliphatic heterocycles. The highest BCUT2D eigenvalue weighted by atomic mass is 15.2. The van der Waals surface area contributed by atoms with Crippen LogP contribution < -0.4 is 10.6 Å². The van der Waals surface area contributed by atoms with E-state index in [1.807, 2.05) is 0 Å². The molecular formula is C18H31N3. The molecule has 21 heavy (non-hydrogen) atoms. The van der Waals surface area contributed by atoms with E-state index in [0.29, 0.717) is 6.54 Å². The standard InChI is InChI=1S/C18H31N3/c1-5-14-7-6-9-21(10-8-14)17-12-15(13-19)11-16(20-17)18(2,3)4/h11-12,14H,5-10,13,19H2,1-4H3. The predicted molar refractivity (Wildman–Crippen MR) is 90.7 cm³/mol. The van der Waals surface area contributed by atoms with Crippen LogP contribution in [0.3, 0.4) is 0 Å². The number of pyridine rings is 1. The van der Waals surface area contributed by atoms with E-state index >= 15 is 0 Å². The fourth-order valence-electron chi connectivity index (χ4n) is 3.04. The van der Waals surface area contributed by atoms with Gasteiger partial charge in [-0.25, -0.2) is 4.98 Å². The van der Waals surface area contributed by atoms with Crippen LogP contribution in [0.4, 0.5) is 5.82 Å². The van der Waals surface area contributed by atoms with Crippen molar-refractivity contribution >= 4 is 5.82 Å². The molecule has 0 spiro atoms. The van der Waals surface area contributed by atoms with Gasteiger partial charge in [-0.05, 0) is 42.9 Å². The van der Waals surface area contributed by atoms with Gasteiger partial charge in [0.2, 0.25) is 0 Å². The Labute approximate surface area is 129 Å². The summed E-state index contributed by atoms with van der Waals surface area (Å²) in [5, 5.41) is 0. The van der Waals surface area contributed by atoms with Gasteiger partial charge in [-0.3, -0.25) is 0 Å². The van der Waals surface area contributed by atoms with Crippen LogP contribution in [0, 0.1) is 5.92 Å². The Morgan fingerprint density at radius 1 is 1.24 bits per heavy atom. The van der Waals surface area contributed by atoms with Crippen molar-refractivity contribution < 1.29 is 0 Å². The van der Waals surface area contributed by atoms with E-state index in [2.05, 4.69) is 44.7 Å². The van der Waals surface area contributed by atoms with Gasteiger partial charge in [0.1, 0.15) is 5.82 Å². The summed E-state index contributed by atoms with van der Waals surface area (Å²) in [6.07, 6.45) is 5.22. The molecule has 0 radical (unpaired) electrons. The van der Waals surface area contributed by atoms with E-state index in [0.717, 1.165) is 30.5 Å². The fraction of sp³-hybridized carbons (Fsp3) is 0.722. The molecule has 3 heteroatoms. The van der Waals surface area contributed by atoms with Crippen molar-refractivity contribution in [2.75, 3.05) is 18.0 Å². The second-order valence-electron chi connectivity index (χ2n) is 7.37. The Bertz CT molecular complexity index is 462. The minimum atomic E-state index is 0.0672. The molecule has 118 valence electrons. The highest BCUT2D eigenvalue weighted by Crippen LogP contribution is 2.27. The van der Waals surface area contributed by atoms with Crippen molar-refractivity contribution in [2.24, 2.45) is 11.7 Å². The van der Waals surface area contributed by atoms with E-state index < -0.39 is 0 Å². The zero-order valence-electron chi connectivity index (χ0n) is 14.2. The lowest BCUT2D eigenvalue weighted by atomic mass is 9.90. The lowest BCUT2D eigenvalue weighted by molar-refractivity contribution is 0.459. The number of nitrogens with two attached hydrogens (primary N) is 1. The number of hydrogen-bond donors (Lipinski definition) is 1. The third-order valence-electron chi connectivity index (χ3n) is 4.62. The van der Waals surface area contributed by atoms with Gasteiger partial charge >= 0.3 is 0 Å². The zero-order chi connectivity index (χ0) is 15.5. The molecule has 1 atom stereocenters. The summed E-state index contributed by atoms with van der Waals surface area (Å²) in [6, 6.07) is 4.34. The molecule has 0 saturated carbocycles. The van der Waals surface area contributed by atoms with Crippen LogP contribution >= 0.6 is 0 Å². The Morgan fingerprint density at radius 3 is 2.62 bits per heavy atom. The Kier molecular flexibility index (Phi) is 5.26. The molecule has 0 aromatic carbocycles. The molecule has 1 aromatic heterocycles. The first-order chi connectivity index (χ1) is 9.94. The average Bonchev–Trinajstić information content (AvgIpc) is 2.71. The number of aromatic nitrogens is 1. The minimum absolute atomic E-state index is 0.0672. The quantitative estimate of drug-likeness (QED) is 0.919. The first-order valence-electron chi connectivity index (χ1n) is 8.40. The number of hydrogen-bond acceptors (Lipinski definition) is 3. The molecule has 3 nitrogen and oxygen atoms in total. The van der Waals surface area contributed by atoms with Gasteiger partial charge < -0.3 is 10.6 Å². The summed E-state index contributed by atoms with van der Waals surface area (Å²) < 4.78 is 0. The third kappa shape index (κ3) is 4.19. The molecule has 2 rings (SSSR count). The molecule has 1 saturated heterocycles. The summed E-state index contributed by atoms with van der Waals surface area (Å²) in [6.45, 7) is 11.8. The normalized spacial score (nSPS) is 20.4. The van der Waals surface area contributed by atoms with Crippen LogP contribution in [0.2, 0.25) is 0 Å². The topological polar surface area (TPSA) is 42.1 Å². The SMILES string of the molecule is CCC1CCCN(c2cc(CN)cc(C(C)(C)C)n2)CC1. The van der Waals surface area contributed by atoms with Crippen LogP contribution in [-0.4, -0.2) is 18.1 Å². The molecule has 2 N–H and O–H groups in total. The van der Waals surface area contributed by atoms with Crippen LogP contribution in [0.1, 0.15) is 64.6 Å². The van der Waals surface area contributed by atoms with Crippen molar-refractivity contribution in [3.05, 3.63) is 23.4 Å². The van der Waals surface area contributed by atoms with E-state index in [-0.39, 0.29) is 5.41 Å². The van der Waals surface area contributed by atoms with Crippen LogP contribution in [0.25, 0.3) is 0 Å². The maximum atomic E-state index is 5.89. The molecule has 1 fully saturated rings. The minimum Gasteiger partial charge on any atom is -0.357 e. The van der Waals surface area contributed by atoms with E-state index in [4.69, 9.17) is 10.7 Å². The smallest absolute Gasteiger partial charge is 0.129 e. The maximum absolute atomic E-state index is 5.89. The number of nitrogens with zero attached hydrogens (tertiary/aromatic N) is 2. The predicted octanol–water partition coefficient (Wildman–Crippen LogP) is 3.85. The van der Waals surface area contributed by atoms with Gasteiger partial charge in [0, 0.05) is 30.7 Å². The first-order valence-corrected chi connectivity index (χ1v) is 8.40. The largest absolute Gasteiger partial charge is 0.357 e. The van der Waals surface area contributed by atoms with Gasteiger partial charge in [-0.2, -0.15) is 0 Å². The summed E-state index contributed by atoms with van der Waals surface area (Å²) >= 11 is 0. The summed E-state index contributed by atoms with van der Waals surface area (Å²) in [5.74, 6) is 2.01. The lowest BCUT2D eigenvalue weighted by Crippen LogP contribution is -2.27. The number of rotatable bonds is 3. The molecule has 2 heterocycles. The Morgan fingerprint density at radius 2 is 2.00 bits per heavy atom. The zero-order valence-corrected chi connectivity index (χ0v) is 14.2. The monoisotopic (exact) mass is 289 g/mol. The van der Waals surface area contributed by atoms with Gasteiger partial charge in [0.25, 0.3) is 0 Å². The lowest BCUT2D eigenvalue weighted by Gasteiger charge is -2.26. The molecule has 1 unspecified atom stereocenters. The van der Waals surface area contributed by atoms with E-state index in [1.54, 1.807) is 0 Å². The molecule has 0 aliphatic carbocycles. The van der Waals surface area contributed by atoms with Crippen LogP contribution in [-0.2, 0) is 12.0 Å². The molecular weight excluding hydrogens is 258 g/mol. The van der Waals surface area contributed by atoms with Crippen molar-refractivity contribution in [2.45, 2.75) is 65.3 Å². The highest BCUT2D eigenvalue weighted by Gasteiger charge is 2.21. The van der Waals surface area contributed by atoms with Crippen molar-refractivity contribution in [1.29, 1.82) is 0 Å². The van der Waals surface area contributed by atoms with Crippen LogP contribution in [0.15, 0.2) is 12.1 Å². The second kappa shape index (κ2) is 6.78. The average molecular weight is 289 g/mol. The third-order valence-corrected chi connectivity index (χ3v) is 4.62. The molecule has 1 aromatic rings. The molecule has 0 amide bonds. The maximum Gasteiger partial charge on any atom is 0.129 e. The second-order valence-corrected chi connectivity index (χ2v) is 7.37. The molecule has 1 aliphatic rings. The Hall–Kier alpha value is -1.09. The van der Waals surface area contributed by atoms with Gasteiger partial charge in [0.15, 0.2) is 0 Å². The summed E-state index contributed by atoms with van der Waals surface area (Å²) in [4.78, 5) is 7.40. The highest BCUT2D eigenvalue weighted by molar-refractivity contribution is 5.44. The van der Waals surface area contributed by atoms with Gasteiger partial charge in [-0.1, -0.05) is 34.1 Å². The summed E-state index contributed by atoms with van der Waals surface area (Å²) in [7, 11) is 0. The number of anilines is 1. The van der Waals surface area contributed by atoms with Gasteiger partial charge in [-0.15, -0.1) is 0 Å². The van der Waals surface area contributed by atoms with E-state index in [1.165, 1.54) is 31.2 Å². The van der Waals surface area contributed by atoms with Gasteiger partial charge in [0.05, 0.1) is 0 Å². The fourth-order valence-corrected chi connectivity index (χ4v) is 3.04. The molecule has 0 bridgehead atoms. The van der Waals surface area contributed by atoms with E-state index in [9.17, 15) is 0 Å². The van der Waals surface area contributed by atoms with Crippen molar-refractivity contribution in [3.8, 4) is 0 Å². The summed E-state index contributed by atoms with van der Waals surface area (Å²) in [5.41, 5.74) is 8.30. The van der Waals surface area contributed by atoms with Crippen LogP contribution in [0.5, 0.6) is 0 Å². The van der Waals surface area contributed by atoms with Crippen molar-refractivity contribution in [1.82, 2.24) is 4.98 Å². The Balaban J connectivity index is 2.26. The first kappa shape index (κ1) is 16.3.